The molecule has 2 aromatic rings. The number of benzene rings is 1. The summed E-state index contributed by atoms with van der Waals surface area (Å²) in [5.41, 5.74) is 0.492. The minimum Gasteiger partial charge on any atom is -0.508 e. The molecule has 104 valence electrons. The number of carbonyl (C=O) groups is 1. The highest BCUT2D eigenvalue weighted by Crippen LogP contribution is 2.22. The Bertz CT molecular complexity index is 692. The molecule has 20 heavy (non-hydrogen) atoms. The van der Waals surface area contributed by atoms with Crippen LogP contribution in [0.25, 0.3) is 0 Å². The fourth-order valence-electron chi connectivity index (χ4n) is 1.59. The zero-order valence-corrected chi connectivity index (χ0v) is 11.4. The monoisotopic (exact) mass is 292 g/mol. The second-order valence-corrected chi connectivity index (χ2v) is 5.11. The Morgan fingerprint density at radius 1 is 1.25 bits per heavy atom. The number of rotatable bonds is 4. The van der Waals surface area contributed by atoms with Crippen LogP contribution in [0.3, 0.4) is 0 Å². The lowest BCUT2D eigenvalue weighted by molar-refractivity contribution is 0.102. The number of Topliss-reactive ketones (excluding diaryl/α,β-unsaturated/α-hetero) is 1. The Morgan fingerprint density at radius 3 is 2.50 bits per heavy atom. The zero-order valence-electron chi connectivity index (χ0n) is 10.6. The van der Waals surface area contributed by atoms with Crippen molar-refractivity contribution in [1.82, 2.24) is 9.97 Å². The molecule has 1 heterocycles. The second-order valence-electron chi connectivity index (χ2n) is 4.14. The summed E-state index contributed by atoms with van der Waals surface area (Å²) in [6, 6.07) is 5.05. The van der Waals surface area contributed by atoms with Crippen molar-refractivity contribution in [2.75, 3.05) is 5.75 Å². The molecule has 0 saturated carbocycles. The first kappa shape index (κ1) is 14.1. The van der Waals surface area contributed by atoms with Crippen molar-refractivity contribution >= 4 is 17.5 Å². The van der Waals surface area contributed by atoms with E-state index in [-0.39, 0.29) is 34.2 Å². The van der Waals surface area contributed by atoms with Gasteiger partial charge in [-0.1, -0.05) is 11.8 Å². The van der Waals surface area contributed by atoms with Gasteiger partial charge in [0.1, 0.15) is 11.5 Å². The maximum absolute atomic E-state index is 11.9. The van der Waals surface area contributed by atoms with Gasteiger partial charge in [-0.3, -0.25) is 9.59 Å². The molecule has 0 saturated heterocycles. The molecule has 0 aliphatic heterocycles. The van der Waals surface area contributed by atoms with E-state index in [0.717, 1.165) is 17.8 Å². The predicted octanol–water partition coefficient (Wildman–Crippen LogP) is 1.46. The number of aromatic nitrogens is 2. The predicted molar refractivity (Wildman–Crippen MR) is 74.4 cm³/mol. The van der Waals surface area contributed by atoms with E-state index in [2.05, 4.69) is 9.97 Å². The molecule has 0 aliphatic carbocycles. The Balaban J connectivity index is 2.10. The Labute approximate surface area is 118 Å². The Hall–Kier alpha value is -2.28. The van der Waals surface area contributed by atoms with Gasteiger partial charge in [0.05, 0.1) is 5.75 Å². The molecule has 0 radical (unpaired) electrons. The summed E-state index contributed by atoms with van der Waals surface area (Å²) in [4.78, 5) is 29.8. The number of carbonyl (C=O) groups excluding carboxylic acids is 1. The number of aromatic hydroxyl groups is 2. The van der Waals surface area contributed by atoms with Gasteiger partial charge in [-0.05, 0) is 19.1 Å². The number of nitrogens with zero attached hydrogens (tertiary/aromatic N) is 1. The molecule has 0 fully saturated rings. The summed E-state index contributed by atoms with van der Waals surface area (Å²) >= 11 is 1.08. The fraction of sp³-hybridized carbons (Fsp3) is 0.154. The third-order valence-corrected chi connectivity index (χ3v) is 3.29. The molecule has 3 N–H and O–H groups in total. The average Bonchev–Trinajstić information content (AvgIpc) is 2.33. The molecule has 0 amide bonds. The molecule has 0 aliphatic rings. The first-order valence-corrected chi connectivity index (χ1v) is 6.69. The van der Waals surface area contributed by atoms with E-state index in [4.69, 9.17) is 0 Å². The third-order valence-electron chi connectivity index (χ3n) is 2.41. The van der Waals surface area contributed by atoms with Crippen LogP contribution >= 0.6 is 11.8 Å². The number of phenolic OH excluding ortho intramolecular Hbond substituents is 2. The molecule has 6 nitrogen and oxygen atoms in total. The Morgan fingerprint density at radius 2 is 1.90 bits per heavy atom. The highest BCUT2D eigenvalue weighted by Gasteiger charge is 2.10. The van der Waals surface area contributed by atoms with Gasteiger partial charge in [-0.15, -0.1) is 0 Å². The normalized spacial score (nSPS) is 10.4. The molecular formula is C13H12N2O4S. The van der Waals surface area contributed by atoms with E-state index in [1.54, 1.807) is 6.92 Å². The number of H-pyrrole nitrogens is 1. The summed E-state index contributed by atoms with van der Waals surface area (Å²) in [5.74, 6) is -0.610. The highest BCUT2D eigenvalue weighted by molar-refractivity contribution is 7.99. The molecule has 1 aromatic carbocycles. The van der Waals surface area contributed by atoms with E-state index in [1.807, 2.05) is 0 Å². The first-order chi connectivity index (χ1) is 9.44. The second kappa shape index (κ2) is 5.79. The smallest absolute Gasteiger partial charge is 0.251 e. The van der Waals surface area contributed by atoms with E-state index in [1.165, 1.54) is 18.2 Å². The van der Waals surface area contributed by atoms with Gasteiger partial charge in [-0.25, -0.2) is 4.98 Å². The molecule has 0 unspecified atom stereocenters. The van der Waals surface area contributed by atoms with Gasteiger partial charge >= 0.3 is 0 Å². The van der Waals surface area contributed by atoms with Crippen LogP contribution in [-0.4, -0.2) is 31.7 Å². The van der Waals surface area contributed by atoms with Crippen LogP contribution in [0, 0.1) is 6.92 Å². The van der Waals surface area contributed by atoms with Crippen LogP contribution in [-0.2, 0) is 0 Å². The van der Waals surface area contributed by atoms with Crippen LogP contribution in [0.2, 0.25) is 0 Å². The third kappa shape index (κ3) is 3.61. The molecule has 0 bridgehead atoms. The Kier molecular flexibility index (Phi) is 4.09. The van der Waals surface area contributed by atoms with Crippen molar-refractivity contribution < 1.29 is 15.0 Å². The lowest BCUT2D eigenvalue weighted by Crippen LogP contribution is -2.10. The number of aromatic amines is 1. The van der Waals surface area contributed by atoms with Crippen molar-refractivity contribution in [3.8, 4) is 11.5 Å². The maximum Gasteiger partial charge on any atom is 0.251 e. The minimum absolute atomic E-state index is 0.0370. The number of aryl methyl sites for hydroxylation is 1. The number of phenols is 2. The van der Waals surface area contributed by atoms with Crippen molar-refractivity contribution in [1.29, 1.82) is 0 Å². The summed E-state index contributed by atoms with van der Waals surface area (Å²) in [6.45, 7) is 1.69. The van der Waals surface area contributed by atoms with Crippen molar-refractivity contribution in [2.24, 2.45) is 0 Å². The lowest BCUT2D eigenvalue weighted by atomic mass is 10.1. The quantitative estimate of drug-likeness (QED) is 0.448. The van der Waals surface area contributed by atoms with Crippen LogP contribution in [0.5, 0.6) is 11.5 Å². The summed E-state index contributed by atoms with van der Waals surface area (Å²) in [6.07, 6.45) is 0. The van der Waals surface area contributed by atoms with Gasteiger partial charge < -0.3 is 15.2 Å². The van der Waals surface area contributed by atoms with Crippen molar-refractivity contribution in [2.45, 2.75) is 12.1 Å². The molecule has 0 spiro atoms. The van der Waals surface area contributed by atoms with Gasteiger partial charge in [0.25, 0.3) is 5.56 Å². The fourth-order valence-corrected chi connectivity index (χ4v) is 2.41. The number of hydrogen-bond donors (Lipinski definition) is 3. The molecular weight excluding hydrogens is 280 g/mol. The summed E-state index contributed by atoms with van der Waals surface area (Å²) < 4.78 is 0. The van der Waals surface area contributed by atoms with E-state index < -0.39 is 0 Å². The van der Waals surface area contributed by atoms with Crippen LogP contribution in [0.4, 0.5) is 0 Å². The SMILES string of the molecule is Cc1cc(=O)[nH]c(SCC(=O)c2cc(O)cc(O)c2)n1. The van der Waals surface area contributed by atoms with E-state index in [9.17, 15) is 19.8 Å². The van der Waals surface area contributed by atoms with Gasteiger partial charge in [-0.2, -0.15) is 0 Å². The summed E-state index contributed by atoms with van der Waals surface area (Å²) in [7, 11) is 0. The molecule has 0 atom stereocenters. The van der Waals surface area contributed by atoms with Crippen LogP contribution < -0.4 is 5.56 Å². The number of hydrogen-bond acceptors (Lipinski definition) is 6. The molecule has 1 aromatic heterocycles. The van der Waals surface area contributed by atoms with Gasteiger partial charge in [0, 0.05) is 23.4 Å². The molecule has 2 rings (SSSR count). The van der Waals surface area contributed by atoms with Crippen molar-refractivity contribution in [3.05, 3.63) is 45.9 Å². The van der Waals surface area contributed by atoms with E-state index >= 15 is 0 Å². The van der Waals surface area contributed by atoms with Crippen LogP contribution in [0.1, 0.15) is 16.1 Å². The average molecular weight is 292 g/mol. The van der Waals surface area contributed by atoms with Crippen LogP contribution in [0.15, 0.2) is 34.2 Å². The van der Waals surface area contributed by atoms with Crippen molar-refractivity contribution in [3.63, 3.8) is 0 Å². The summed E-state index contributed by atoms with van der Waals surface area (Å²) in [5, 5.41) is 19.0. The molecule has 7 heteroatoms. The minimum atomic E-state index is -0.287. The maximum atomic E-state index is 11.9. The van der Waals surface area contributed by atoms with E-state index in [0.29, 0.717) is 10.9 Å². The standard InChI is InChI=1S/C13H12N2O4S/c1-7-2-12(19)15-13(14-7)20-6-11(18)8-3-9(16)5-10(17)4-8/h2-5,16-17H,6H2,1H3,(H,14,15,19). The largest absolute Gasteiger partial charge is 0.508 e. The number of ketones is 1. The lowest BCUT2D eigenvalue weighted by Gasteiger charge is -2.03. The first-order valence-electron chi connectivity index (χ1n) is 5.71. The number of thioether (sulfide) groups is 1. The van der Waals surface area contributed by atoms with Gasteiger partial charge in [0.15, 0.2) is 10.9 Å². The topological polar surface area (TPSA) is 103 Å². The van der Waals surface area contributed by atoms with Gasteiger partial charge in [0.2, 0.25) is 0 Å². The highest BCUT2D eigenvalue weighted by atomic mass is 32.2. The zero-order chi connectivity index (χ0) is 14.7. The number of nitrogens with one attached hydrogen (secondary N) is 1.